The third-order valence-corrected chi connectivity index (χ3v) is 7.26. The lowest BCUT2D eigenvalue weighted by molar-refractivity contribution is -0.241. The van der Waals surface area contributed by atoms with Gasteiger partial charge in [0.25, 0.3) is 0 Å². The Morgan fingerprint density at radius 1 is 1.15 bits per heavy atom. The highest BCUT2D eigenvalue weighted by Crippen LogP contribution is 2.66. The maximum absolute atomic E-state index is 12.7. The lowest BCUT2D eigenvalue weighted by Crippen LogP contribution is -2.70. The maximum atomic E-state index is 12.7. The van der Waals surface area contributed by atoms with Gasteiger partial charge in [0.15, 0.2) is 0 Å². The van der Waals surface area contributed by atoms with Gasteiger partial charge in [-0.1, -0.05) is 32.9 Å². The molecule has 3 aliphatic rings. The van der Waals surface area contributed by atoms with E-state index in [0.717, 1.165) is 18.9 Å². The van der Waals surface area contributed by atoms with Crippen LogP contribution in [0.15, 0.2) is 24.3 Å². The first-order valence-electron chi connectivity index (χ1n) is 9.62. The van der Waals surface area contributed by atoms with Crippen molar-refractivity contribution in [3.63, 3.8) is 0 Å². The summed E-state index contributed by atoms with van der Waals surface area (Å²) in [4.78, 5) is 12.7. The molecule has 5 heteroatoms. The number of hydrogen-bond acceptors (Lipinski definition) is 5. The summed E-state index contributed by atoms with van der Waals surface area (Å²) < 4.78 is 5.63. The molecule has 2 fully saturated rings. The van der Waals surface area contributed by atoms with Gasteiger partial charge in [-0.25, -0.2) is 4.79 Å². The Morgan fingerprint density at radius 2 is 1.85 bits per heavy atom. The Hall–Kier alpha value is -2.01. The fraction of sp³-hybridized carbons (Fsp3) is 0.591. The molecule has 0 spiro atoms. The molecule has 0 amide bonds. The molecule has 0 unspecified atom stereocenters. The van der Waals surface area contributed by atoms with Crippen molar-refractivity contribution in [1.82, 2.24) is 0 Å². The molecule has 2 saturated carbocycles. The Labute approximate surface area is 159 Å². The zero-order valence-electron chi connectivity index (χ0n) is 16.3. The van der Waals surface area contributed by atoms with Crippen LogP contribution in [-0.4, -0.2) is 33.0 Å². The summed E-state index contributed by atoms with van der Waals surface area (Å²) in [5.41, 5.74) is -0.764. The van der Waals surface area contributed by atoms with Gasteiger partial charge < -0.3 is 20.1 Å². The Balaban J connectivity index is 1.57. The van der Waals surface area contributed by atoms with Crippen molar-refractivity contribution < 1.29 is 24.9 Å². The van der Waals surface area contributed by atoms with Crippen LogP contribution in [0, 0.1) is 29.6 Å². The highest BCUT2D eigenvalue weighted by molar-refractivity contribution is 5.94. The lowest BCUT2D eigenvalue weighted by Gasteiger charge is -2.63. The number of aryl methyl sites for hydroxylation is 1. The molecule has 0 saturated heterocycles. The molecule has 0 radical (unpaired) electrons. The molecular formula is C22H28O5. The van der Waals surface area contributed by atoms with E-state index in [0.29, 0.717) is 23.8 Å². The molecule has 146 valence electrons. The number of rotatable bonds is 2. The van der Waals surface area contributed by atoms with Crippen LogP contribution in [0.25, 0.3) is 0 Å². The van der Waals surface area contributed by atoms with Crippen LogP contribution in [0.5, 0.6) is 11.5 Å². The molecule has 0 heterocycles. The number of ether oxygens (including phenoxy) is 1. The number of benzene rings is 1. The quantitative estimate of drug-likeness (QED) is 0.544. The van der Waals surface area contributed by atoms with E-state index in [-0.39, 0.29) is 27.9 Å². The summed E-state index contributed by atoms with van der Waals surface area (Å²) >= 11 is 0. The minimum Gasteiger partial charge on any atom is -0.508 e. The first kappa shape index (κ1) is 18.4. The van der Waals surface area contributed by atoms with E-state index in [1.165, 1.54) is 6.07 Å². The van der Waals surface area contributed by atoms with Crippen LogP contribution in [0.3, 0.4) is 0 Å². The number of carbonyl (C=O) groups excluding carboxylic acids is 1. The third kappa shape index (κ3) is 2.51. The molecule has 5 atom stereocenters. The minimum atomic E-state index is -1.18. The van der Waals surface area contributed by atoms with E-state index in [4.69, 9.17) is 4.74 Å². The van der Waals surface area contributed by atoms with Crippen molar-refractivity contribution in [3.8, 4) is 11.5 Å². The second-order valence-electron chi connectivity index (χ2n) is 9.70. The number of fused-ring (bicyclic) bond motifs is 3. The zero-order valence-corrected chi connectivity index (χ0v) is 16.3. The molecular weight excluding hydrogens is 344 g/mol. The molecule has 0 aromatic heterocycles. The summed E-state index contributed by atoms with van der Waals surface area (Å²) in [5, 5.41) is 31.0. The molecule has 3 aliphatic carbocycles. The van der Waals surface area contributed by atoms with E-state index >= 15 is 0 Å². The fourth-order valence-corrected chi connectivity index (χ4v) is 5.80. The van der Waals surface area contributed by atoms with Crippen molar-refractivity contribution in [2.24, 2.45) is 22.7 Å². The Bertz CT molecular complexity index is 818. The highest BCUT2D eigenvalue weighted by atomic mass is 16.6. The van der Waals surface area contributed by atoms with Gasteiger partial charge in [0.05, 0.1) is 0 Å². The number of aromatic hydroxyl groups is 2. The minimum absolute atomic E-state index is 0.0321. The molecule has 27 heavy (non-hydrogen) atoms. The molecule has 5 nitrogen and oxygen atoms in total. The maximum Gasteiger partial charge on any atom is 0.342 e. The Morgan fingerprint density at radius 3 is 2.52 bits per heavy atom. The molecule has 0 aliphatic heterocycles. The first-order valence-corrected chi connectivity index (χ1v) is 9.62. The van der Waals surface area contributed by atoms with Crippen LogP contribution >= 0.6 is 0 Å². The van der Waals surface area contributed by atoms with Crippen molar-refractivity contribution >= 4 is 5.97 Å². The average Bonchev–Trinajstić information content (AvgIpc) is 2.85. The number of esters is 1. The standard InChI is InChI=1S/C22H28O5/c1-12-7-14(23)8-16(24)18(12)19(25)27-17-11-21(4)15-10-20(2,3)9-13(15)5-6-22(17,21)26/h5-8,13,15,17,23-24,26H,9-11H2,1-4H3/t13-,15+,17-,21-,22+/m1/s1. The zero-order chi connectivity index (χ0) is 19.8. The van der Waals surface area contributed by atoms with E-state index < -0.39 is 17.7 Å². The molecule has 3 N–H and O–H groups in total. The smallest absolute Gasteiger partial charge is 0.342 e. The van der Waals surface area contributed by atoms with Crippen molar-refractivity contribution in [1.29, 1.82) is 0 Å². The van der Waals surface area contributed by atoms with Crippen LogP contribution < -0.4 is 0 Å². The summed E-state index contributed by atoms with van der Waals surface area (Å²) in [6.07, 6.45) is 6.08. The van der Waals surface area contributed by atoms with Gasteiger partial charge in [-0.05, 0) is 55.1 Å². The number of aliphatic hydroxyl groups is 1. The molecule has 0 bridgehead atoms. The van der Waals surface area contributed by atoms with Gasteiger partial charge in [-0.2, -0.15) is 0 Å². The van der Waals surface area contributed by atoms with Gasteiger partial charge >= 0.3 is 5.97 Å². The van der Waals surface area contributed by atoms with Crippen LogP contribution in [0.2, 0.25) is 0 Å². The molecule has 1 aromatic carbocycles. The number of carbonyl (C=O) groups is 1. The Kier molecular flexibility index (Phi) is 3.74. The monoisotopic (exact) mass is 372 g/mol. The number of phenols is 2. The summed E-state index contributed by atoms with van der Waals surface area (Å²) in [6, 6.07) is 2.52. The van der Waals surface area contributed by atoms with Crippen LogP contribution in [-0.2, 0) is 4.74 Å². The van der Waals surface area contributed by atoms with Crippen molar-refractivity contribution in [2.45, 2.75) is 58.7 Å². The molecule has 1 aromatic rings. The van der Waals surface area contributed by atoms with Gasteiger partial charge in [-0.3, -0.25) is 0 Å². The van der Waals surface area contributed by atoms with E-state index in [1.807, 2.05) is 6.08 Å². The predicted molar refractivity (Wildman–Crippen MR) is 101 cm³/mol. The number of hydrogen-bond donors (Lipinski definition) is 3. The van der Waals surface area contributed by atoms with Gasteiger partial charge in [0, 0.05) is 11.5 Å². The van der Waals surface area contributed by atoms with Gasteiger partial charge in [0.1, 0.15) is 28.8 Å². The lowest BCUT2D eigenvalue weighted by atomic mass is 9.46. The fourth-order valence-electron chi connectivity index (χ4n) is 5.80. The second kappa shape index (κ2) is 5.51. The van der Waals surface area contributed by atoms with E-state index in [9.17, 15) is 20.1 Å². The SMILES string of the molecule is Cc1cc(O)cc(O)c1C(=O)O[C@@H]1C[C@]2(C)[C@H]3CC(C)(C)C[C@H]3C=C[C@]12O. The highest BCUT2D eigenvalue weighted by Gasteiger charge is 2.69. The van der Waals surface area contributed by atoms with E-state index in [2.05, 4.69) is 26.8 Å². The van der Waals surface area contributed by atoms with Crippen molar-refractivity contribution in [3.05, 3.63) is 35.4 Å². The molecule has 4 rings (SSSR count). The topological polar surface area (TPSA) is 87.0 Å². The van der Waals surface area contributed by atoms with Gasteiger partial charge in [0.2, 0.25) is 0 Å². The normalized spacial score (nSPS) is 38.6. The second-order valence-corrected chi connectivity index (χ2v) is 9.70. The van der Waals surface area contributed by atoms with Crippen molar-refractivity contribution in [2.75, 3.05) is 0 Å². The number of phenolic OH excluding ortho intramolecular Hbond substituents is 2. The third-order valence-electron chi connectivity index (χ3n) is 7.26. The largest absolute Gasteiger partial charge is 0.508 e. The van der Waals surface area contributed by atoms with Crippen LogP contribution in [0.4, 0.5) is 0 Å². The summed E-state index contributed by atoms with van der Waals surface area (Å²) in [6.45, 7) is 8.27. The first-order chi connectivity index (χ1) is 12.5. The predicted octanol–water partition coefficient (Wildman–Crippen LogP) is 3.69. The van der Waals surface area contributed by atoms with Gasteiger partial charge in [-0.15, -0.1) is 0 Å². The average molecular weight is 372 g/mol. The number of allylic oxidation sites excluding steroid dienone is 1. The van der Waals surface area contributed by atoms with Crippen LogP contribution in [0.1, 0.15) is 56.0 Å². The summed E-state index contributed by atoms with van der Waals surface area (Å²) in [7, 11) is 0. The van der Waals surface area contributed by atoms with E-state index in [1.54, 1.807) is 6.92 Å². The summed E-state index contributed by atoms with van der Waals surface area (Å²) in [5.74, 6) is -0.260.